The molecular weight excluding hydrogens is 258 g/mol. The number of carbonyl (C=O) groups is 2. The summed E-state index contributed by atoms with van der Waals surface area (Å²) in [5.41, 5.74) is 5.57. The summed E-state index contributed by atoms with van der Waals surface area (Å²) in [7, 11) is 0. The van der Waals surface area contributed by atoms with E-state index in [1.54, 1.807) is 6.92 Å². The standard InChI is InChI=1S/C14H27N3O3/c1-4-20-13(19)16-11-6-5-9-17(10-11)12(18)7-8-14(2,3)15/h11H,4-10,15H2,1-3H3,(H,16,19). The van der Waals surface area contributed by atoms with E-state index in [0.29, 0.717) is 26.0 Å². The normalized spacial score (nSPS) is 19.6. The number of hydrogen-bond acceptors (Lipinski definition) is 4. The smallest absolute Gasteiger partial charge is 0.407 e. The van der Waals surface area contributed by atoms with Crippen molar-refractivity contribution in [1.82, 2.24) is 10.2 Å². The minimum absolute atomic E-state index is 0.0161. The molecule has 0 aromatic carbocycles. The van der Waals surface area contributed by atoms with Crippen LogP contribution >= 0.6 is 0 Å². The van der Waals surface area contributed by atoms with Crippen LogP contribution in [0.4, 0.5) is 4.79 Å². The third-order valence-corrected chi connectivity index (χ3v) is 3.35. The highest BCUT2D eigenvalue weighted by atomic mass is 16.5. The molecule has 3 N–H and O–H groups in total. The number of hydrogen-bond donors (Lipinski definition) is 2. The first-order chi connectivity index (χ1) is 9.31. The maximum atomic E-state index is 12.1. The lowest BCUT2D eigenvalue weighted by Gasteiger charge is -2.33. The summed E-state index contributed by atoms with van der Waals surface area (Å²) in [6.45, 7) is 7.27. The SMILES string of the molecule is CCOC(=O)NC1CCCN(C(=O)CCC(C)(C)N)C1. The summed E-state index contributed by atoms with van der Waals surface area (Å²) in [5.74, 6) is 0.110. The van der Waals surface area contributed by atoms with Crippen molar-refractivity contribution in [3.8, 4) is 0 Å². The first-order valence-corrected chi connectivity index (χ1v) is 7.32. The molecule has 0 aromatic heterocycles. The fraction of sp³-hybridized carbons (Fsp3) is 0.857. The number of ether oxygens (including phenoxy) is 1. The molecule has 1 unspecified atom stereocenters. The first-order valence-electron chi connectivity index (χ1n) is 7.32. The molecule has 2 amide bonds. The van der Waals surface area contributed by atoms with Crippen LogP contribution in [0.1, 0.15) is 46.5 Å². The molecule has 0 bridgehead atoms. The molecule has 1 heterocycles. The predicted molar refractivity (Wildman–Crippen MR) is 77.3 cm³/mol. The Labute approximate surface area is 121 Å². The lowest BCUT2D eigenvalue weighted by molar-refractivity contribution is -0.132. The lowest BCUT2D eigenvalue weighted by Crippen LogP contribution is -2.50. The Kier molecular flexibility index (Phi) is 6.26. The maximum absolute atomic E-state index is 12.1. The second-order valence-corrected chi connectivity index (χ2v) is 6.03. The molecule has 1 aliphatic heterocycles. The van der Waals surface area contributed by atoms with Crippen molar-refractivity contribution in [2.75, 3.05) is 19.7 Å². The van der Waals surface area contributed by atoms with Gasteiger partial charge in [0.2, 0.25) is 5.91 Å². The lowest BCUT2D eigenvalue weighted by atomic mass is 9.98. The van der Waals surface area contributed by atoms with Gasteiger partial charge in [-0.05, 0) is 40.0 Å². The van der Waals surface area contributed by atoms with E-state index >= 15 is 0 Å². The van der Waals surface area contributed by atoms with Crippen LogP contribution in [0.5, 0.6) is 0 Å². The summed E-state index contributed by atoms with van der Waals surface area (Å²) in [4.78, 5) is 25.3. The number of carbonyl (C=O) groups excluding carboxylic acids is 2. The average molecular weight is 285 g/mol. The molecule has 0 aromatic rings. The highest BCUT2D eigenvalue weighted by Gasteiger charge is 2.25. The molecule has 0 spiro atoms. The average Bonchev–Trinajstić information content (AvgIpc) is 2.35. The highest BCUT2D eigenvalue weighted by Crippen LogP contribution is 2.14. The van der Waals surface area contributed by atoms with Gasteiger partial charge in [-0.1, -0.05) is 0 Å². The molecule has 116 valence electrons. The van der Waals surface area contributed by atoms with E-state index in [0.717, 1.165) is 19.4 Å². The Morgan fingerprint density at radius 2 is 2.15 bits per heavy atom. The molecule has 1 rings (SSSR count). The number of rotatable bonds is 5. The van der Waals surface area contributed by atoms with Crippen LogP contribution in [0, 0.1) is 0 Å². The zero-order valence-electron chi connectivity index (χ0n) is 12.8. The fourth-order valence-corrected chi connectivity index (χ4v) is 2.25. The molecule has 20 heavy (non-hydrogen) atoms. The number of likely N-dealkylation sites (tertiary alicyclic amines) is 1. The molecule has 1 aliphatic rings. The minimum atomic E-state index is -0.408. The number of nitrogens with one attached hydrogen (secondary N) is 1. The monoisotopic (exact) mass is 285 g/mol. The van der Waals surface area contributed by atoms with Crippen molar-refractivity contribution in [2.24, 2.45) is 5.73 Å². The van der Waals surface area contributed by atoms with Gasteiger partial charge in [0.15, 0.2) is 0 Å². The van der Waals surface area contributed by atoms with Crippen molar-refractivity contribution in [3.63, 3.8) is 0 Å². The molecule has 1 saturated heterocycles. The van der Waals surface area contributed by atoms with Gasteiger partial charge < -0.3 is 20.7 Å². The van der Waals surface area contributed by atoms with E-state index in [4.69, 9.17) is 10.5 Å². The van der Waals surface area contributed by atoms with Crippen LogP contribution in [-0.2, 0) is 9.53 Å². The van der Waals surface area contributed by atoms with Crippen molar-refractivity contribution in [1.29, 1.82) is 0 Å². The maximum Gasteiger partial charge on any atom is 0.407 e. The summed E-state index contributed by atoms with van der Waals surface area (Å²) in [6.07, 6.45) is 2.49. The van der Waals surface area contributed by atoms with Crippen LogP contribution < -0.4 is 11.1 Å². The van der Waals surface area contributed by atoms with Crippen LogP contribution in [0.3, 0.4) is 0 Å². The van der Waals surface area contributed by atoms with E-state index < -0.39 is 6.09 Å². The number of piperidine rings is 1. The predicted octanol–water partition coefficient (Wildman–Crippen LogP) is 1.24. The van der Waals surface area contributed by atoms with Gasteiger partial charge >= 0.3 is 6.09 Å². The van der Waals surface area contributed by atoms with Crippen molar-refractivity contribution >= 4 is 12.0 Å². The van der Waals surface area contributed by atoms with Crippen molar-refractivity contribution in [2.45, 2.75) is 58.0 Å². The number of nitrogens with two attached hydrogens (primary N) is 1. The van der Waals surface area contributed by atoms with E-state index in [1.807, 2.05) is 18.7 Å². The molecular formula is C14H27N3O3. The third-order valence-electron chi connectivity index (χ3n) is 3.35. The van der Waals surface area contributed by atoms with Gasteiger partial charge in [-0.25, -0.2) is 4.79 Å². The third kappa shape index (κ3) is 6.23. The minimum Gasteiger partial charge on any atom is -0.450 e. The van der Waals surface area contributed by atoms with Gasteiger partial charge in [0.25, 0.3) is 0 Å². The molecule has 0 radical (unpaired) electrons. The van der Waals surface area contributed by atoms with Gasteiger partial charge in [-0.15, -0.1) is 0 Å². The number of nitrogens with zero attached hydrogens (tertiary/aromatic N) is 1. The Balaban J connectivity index is 2.40. The summed E-state index contributed by atoms with van der Waals surface area (Å²) in [6, 6.07) is -0.0161. The van der Waals surface area contributed by atoms with Crippen LogP contribution in [0.15, 0.2) is 0 Å². The van der Waals surface area contributed by atoms with E-state index in [2.05, 4.69) is 5.32 Å². The number of alkyl carbamates (subject to hydrolysis) is 1. The Hall–Kier alpha value is -1.30. The topological polar surface area (TPSA) is 84.7 Å². The van der Waals surface area contributed by atoms with Crippen LogP contribution in [-0.4, -0.2) is 48.2 Å². The number of amides is 2. The zero-order valence-corrected chi connectivity index (χ0v) is 12.8. The highest BCUT2D eigenvalue weighted by molar-refractivity contribution is 5.76. The molecule has 1 fully saturated rings. The molecule has 1 atom stereocenters. The Morgan fingerprint density at radius 3 is 2.75 bits per heavy atom. The molecule has 0 saturated carbocycles. The summed E-state index contributed by atoms with van der Waals surface area (Å²) in [5, 5.41) is 2.80. The second kappa shape index (κ2) is 7.47. The van der Waals surface area contributed by atoms with Crippen molar-refractivity contribution in [3.05, 3.63) is 0 Å². The van der Waals surface area contributed by atoms with E-state index in [1.165, 1.54) is 0 Å². The Bertz CT molecular complexity index is 339. The summed E-state index contributed by atoms with van der Waals surface area (Å²) < 4.78 is 4.86. The zero-order chi connectivity index (χ0) is 15.2. The molecule has 6 nitrogen and oxygen atoms in total. The van der Waals surface area contributed by atoms with Crippen LogP contribution in [0.2, 0.25) is 0 Å². The first kappa shape index (κ1) is 16.8. The van der Waals surface area contributed by atoms with E-state index in [9.17, 15) is 9.59 Å². The van der Waals surface area contributed by atoms with Crippen molar-refractivity contribution < 1.29 is 14.3 Å². The van der Waals surface area contributed by atoms with Gasteiger partial charge in [-0.2, -0.15) is 0 Å². The van der Waals surface area contributed by atoms with Crippen LogP contribution in [0.25, 0.3) is 0 Å². The van der Waals surface area contributed by atoms with Gasteiger partial charge in [-0.3, -0.25) is 4.79 Å². The van der Waals surface area contributed by atoms with Gasteiger partial charge in [0.05, 0.1) is 6.61 Å². The molecule has 6 heteroatoms. The quantitative estimate of drug-likeness (QED) is 0.796. The van der Waals surface area contributed by atoms with Gasteiger partial charge in [0, 0.05) is 31.1 Å². The fourth-order valence-electron chi connectivity index (χ4n) is 2.25. The summed E-state index contributed by atoms with van der Waals surface area (Å²) >= 11 is 0. The molecule has 0 aliphatic carbocycles. The second-order valence-electron chi connectivity index (χ2n) is 6.03. The Morgan fingerprint density at radius 1 is 1.45 bits per heavy atom. The van der Waals surface area contributed by atoms with E-state index in [-0.39, 0.29) is 17.5 Å². The largest absolute Gasteiger partial charge is 0.450 e. The van der Waals surface area contributed by atoms with Gasteiger partial charge in [0.1, 0.15) is 0 Å².